The van der Waals surface area contributed by atoms with Gasteiger partial charge in [-0.15, -0.1) is 0 Å². The smallest absolute Gasteiger partial charge is 0.311 e. The molecule has 0 aliphatic carbocycles. The van der Waals surface area contributed by atoms with Crippen LogP contribution in [-0.2, 0) is 43.1 Å². The second kappa shape index (κ2) is 17.6. The Morgan fingerprint density at radius 2 is 1.82 bits per heavy atom. The van der Waals surface area contributed by atoms with Gasteiger partial charge in [-0.1, -0.05) is 43.3 Å². The molecule has 0 bridgehead atoms. The average molecular weight is 700 g/mol. The van der Waals surface area contributed by atoms with E-state index in [2.05, 4.69) is 44.9 Å². The number of fused-ring (bicyclic) bond motifs is 1. The number of ketones is 1. The lowest BCUT2D eigenvalue weighted by Gasteiger charge is -2.34. The Morgan fingerprint density at radius 1 is 1.06 bits per heavy atom. The Labute approximate surface area is 301 Å². The molecule has 1 aromatic carbocycles. The summed E-state index contributed by atoms with van der Waals surface area (Å²) >= 11 is 0. The average Bonchev–Trinajstić information content (AvgIpc) is 3.12. The summed E-state index contributed by atoms with van der Waals surface area (Å²) in [6, 6.07) is 13.1. The number of Topliss-reactive ketones (excluding diaryl/α,β-unsaturated/α-hetero) is 1. The fourth-order valence-corrected chi connectivity index (χ4v) is 6.77. The molecule has 2 aromatic heterocycles. The first-order valence-electron chi connectivity index (χ1n) is 18.2. The molecule has 3 N–H and O–H groups in total. The number of esters is 1. The fourth-order valence-electron chi connectivity index (χ4n) is 6.77. The van der Waals surface area contributed by atoms with Crippen LogP contribution < -0.4 is 20.9 Å². The van der Waals surface area contributed by atoms with Gasteiger partial charge >= 0.3 is 5.97 Å². The van der Waals surface area contributed by atoms with Gasteiger partial charge in [0, 0.05) is 56.9 Å². The number of methoxy groups -OCH3 is 1. The summed E-state index contributed by atoms with van der Waals surface area (Å²) < 4.78 is 10.8. The van der Waals surface area contributed by atoms with E-state index in [0.717, 1.165) is 73.8 Å². The molecule has 0 radical (unpaired) electrons. The van der Waals surface area contributed by atoms with Crippen molar-refractivity contribution in [3.63, 3.8) is 0 Å². The Hall–Kier alpha value is -4.58. The number of carbonyl (C=O) groups excluding carboxylic acids is 3. The Balaban J connectivity index is 1.26. The van der Waals surface area contributed by atoms with Crippen LogP contribution in [0.15, 0.2) is 48.8 Å². The van der Waals surface area contributed by atoms with Crippen molar-refractivity contribution in [2.24, 2.45) is 5.92 Å². The van der Waals surface area contributed by atoms with Gasteiger partial charge in [0.25, 0.3) is 0 Å². The van der Waals surface area contributed by atoms with E-state index in [1.165, 1.54) is 12.7 Å². The largest absolute Gasteiger partial charge is 0.460 e. The van der Waals surface area contributed by atoms with Crippen LogP contribution in [0.4, 0.5) is 17.5 Å². The van der Waals surface area contributed by atoms with Crippen molar-refractivity contribution in [2.75, 3.05) is 55.4 Å². The van der Waals surface area contributed by atoms with Crippen LogP contribution in [0.25, 0.3) is 0 Å². The van der Waals surface area contributed by atoms with Gasteiger partial charge in [0.1, 0.15) is 36.0 Å². The fraction of sp³-hybridized carbons (Fsp3) is 0.538. The van der Waals surface area contributed by atoms with E-state index >= 15 is 0 Å². The molecule has 274 valence electrons. The molecule has 1 fully saturated rings. The summed E-state index contributed by atoms with van der Waals surface area (Å²) in [4.78, 5) is 56.3. The third-order valence-electron chi connectivity index (χ3n) is 9.39. The van der Waals surface area contributed by atoms with Crippen molar-refractivity contribution in [3.8, 4) is 0 Å². The van der Waals surface area contributed by atoms with Gasteiger partial charge in [-0.05, 0) is 76.5 Å². The van der Waals surface area contributed by atoms with E-state index in [1.807, 2.05) is 30.3 Å². The van der Waals surface area contributed by atoms with Crippen LogP contribution in [0.3, 0.4) is 0 Å². The number of hydrogen-bond donors (Lipinski definition) is 3. The highest BCUT2D eigenvalue weighted by atomic mass is 16.6. The molecule has 4 heterocycles. The second-order valence-corrected chi connectivity index (χ2v) is 14.4. The summed E-state index contributed by atoms with van der Waals surface area (Å²) in [5.41, 5.74) is 3.56. The zero-order valence-electron chi connectivity index (χ0n) is 30.7. The van der Waals surface area contributed by atoms with E-state index in [9.17, 15) is 14.4 Å². The molecule has 3 aromatic rings. The van der Waals surface area contributed by atoms with Gasteiger partial charge in [0.05, 0.1) is 12.0 Å². The van der Waals surface area contributed by atoms with Crippen LogP contribution in [0.1, 0.15) is 81.7 Å². The van der Waals surface area contributed by atoms with Gasteiger partial charge in [0.2, 0.25) is 5.91 Å². The Morgan fingerprint density at radius 3 is 2.53 bits per heavy atom. The van der Waals surface area contributed by atoms with Gasteiger partial charge < -0.3 is 30.3 Å². The normalized spacial score (nSPS) is 16.0. The minimum atomic E-state index is -0.836. The highest BCUT2D eigenvalue weighted by Crippen LogP contribution is 2.33. The predicted molar refractivity (Wildman–Crippen MR) is 198 cm³/mol. The van der Waals surface area contributed by atoms with Crippen molar-refractivity contribution < 1.29 is 23.9 Å². The topological polar surface area (TPSA) is 148 Å². The third kappa shape index (κ3) is 10.5. The maximum atomic E-state index is 13.4. The van der Waals surface area contributed by atoms with Crippen LogP contribution >= 0.6 is 0 Å². The molecular weight excluding hydrogens is 646 g/mol. The molecule has 2 aliphatic heterocycles. The highest BCUT2D eigenvalue weighted by molar-refractivity contribution is 5.91. The van der Waals surface area contributed by atoms with E-state index in [4.69, 9.17) is 19.4 Å². The van der Waals surface area contributed by atoms with Crippen LogP contribution in [-0.4, -0.2) is 84.2 Å². The molecule has 2 aliphatic rings. The summed E-state index contributed by atoms with van der Waals surface area (Å²) in [7, 11) is 1.44. The quantitative estimate of drug-likeness (QED) is 0.187. The molecular formula is C39H53N7O5. The van der Waals surface area contributed by atoms with Crippen LogP contribution in [0.2, 0.25) is 0 Å². The van der Waals surface area contributed by atoms with Gasteiger partial charge in [-0.25, -0.2) is 15.0 Å². The Bertz CT molecular complexity index is 1640. The lowest BCUT2D eigenvalue weighted by Crippen LogP contribution is -2.45. The molecule has 12 heteroatoms. The van der Waals surface area contributed by atoms with Crippen LogP contribution in [0, 0.1) is 5.92 Å². The first-order chi connectivity index (χ1) is 24.5. The van der Waals surface area contributed by atoms with Gasteiger partial charge in [0.15, 0.2) is 5.78 Å². The van der Waals surface area contributed by atoms with Gasteiger partial charge in [-0.3, -0.25) is 14.4 Å². The second-order valence-electron chi connectivity index (χ2n) is 14.4. The molecule has 0 spiro atoms. The number of anilines is 3. The molecule has 0 saturated carbocycles. The monoisotopic (exact) mass is 699 g/mol. The van der Waals surface area contributed by atoms with Crippen molar-refractivity contribution in [3.05, 3.63) is 71.2 Å². The molecule has 1 unspecified atom stereocenters. The first-order valence-corrected chi connectivity index (χ1v) is 18.2. The van der Waals surface area contributed by atoms with Crippen LogP contribution in [0.5, 0.6) is 0 Å². The number of rotatable bonds is 15. The number of pyridine rings is 1. The number of hydrogen-bond acceptors (Lipinski definition) is 11. The lowest BCUT2D eigenvalue weighted by atomic mass is 9.92. The van der Waals surface area contributed by atoms with E-state index in [-0.39, 0.29) is 25.4 Å². The summed E-state index contributed by atoms with van der Waals surface area (Å²) in [5, 5.41) is 9.67. The Kier molecular flexibility index (Phi) is 13.0. The van der Waals surface area contributed by atoms with E-state index < -0.39 is 29.4 Å². The summed E-state index contributed by atoms with van der Waals surface area (Å²) in [6.45, 7) is 10.1. The number of carbonyl (C=O) groups is 3. The van der Waals surface area contributed by atoms with Crippen molar-refractivity contribution in [1.29, 1.82) is 0 Å². The van der Waals surface area contributed by atoms with E-state index in [1.54, 1.807) is 27.1 Å². The van der Waals surface area contributed by atoms with Crippen molar-refractivity contribution in [2.45, 2.75) is 90.2 Å². The van der Waals surface area contributed by atoms with Crippen molar-refractivity contribution >= 4 is 35.1 Å². The maximum absolute atomic E-state index is 13.4. The first kappa shape index (κ1) is 37.7. The minimum Gasteiger partial charge on any atom is -0.460 e. The number of amides is 1. The number of nitrogens with zero attached hydrogens (tertiary/aromatic N) is 4. The molecule has 5 rings (SSSR count). The number of benzene rings is 1. The number of aryl methyl sites for hydroxylation is 1. The number of aromatic nitrogens is 3. The summed E-state index contributed by atoms with van der Waals surface area (Å²) in [5.74, 6) is 0.906. The lowest BCUT2D eigenvalue weighted by molar-refractivity contribution is -0.160. The highest BCUT2D eigenvalue weighted by Gasteiger charge is 2.31. The molecule has 1 saturated heterocycles. The predicted octanol–water partition coefficient (Wildman–Crippen LogP) is 4.88. The molecule has 12 nitrogen and oxygen atoms in total. The maximum Gasteiger partial charge on any atom is 0.311 e. The zero-order valence-corrected chi connectivity index (χ0v) is 30.7. The summed E-state index contributed by atoms with van der Waals surface area (Å²) in [6.07, 6.45) is 6.52. The third-order valence-corrected chi connectivity index (χ3v) is 9.39. The van der Waals surface area contributed by atoms with Crippen molar-refractivity contribution in [1.82, 2.24) is 20.3 Å². The number of piperidine rings is 1. The molecule has 51 heavy (non-hydrogen) atoms. The standard InChI is InChI=1S/C39H53N7O5/c1-6-30-36(42-25-43-37(30)46-19-16-27(17-20-46)31-15-14-28-13-10-18-40-35(28)45-31)41-23-29(38(49)51-39(2,3)4)22-34(48)44-32(33(47)24-50-5)21-26-11-8-7-9-12-26/h7-9,11-12,14-15,25,27,29,32H,6,10,13,16-24H2,1-5H3,(H,40,45)(H,44,48)(H,41,42,43)/t29-,32?/m0/s1. The number of nitrogens with one attached hydrogen (secondary N) is 3. The SMILES string of the molecule is CCc1c(NC[C@H](CC(=O)NC(Cc2ccccc2)C(=O)COC)C(=O)OC(C)(C)C)ncnc1N1CCC(c2ccc3c(n2)NCCC3)CC1. The van der Waals surface area contributed by atoms with Gasteiger partial charge in [-0.2, -0.15) is 0 Å². The number of ether oxygens (including phenoxy) is 2. The van der Waals surface area contributed by atoms with E-state index in [0.29, 0.717) is 24.6 Å². The molecule has 1 amide bonds. The zero-order chi connectivity index (χ0) is 36.4. The minimum absolute atomic E-state index is 0.112. The molecule has 2 atom stereocenters.